The Morgan fingerprint density at radius 1 is 0.933 bits per heavy atom. The predicted molar refractivity (Wildman–Crippen MR) is 115 cm³/mol. The molecule has 2 N–H and O–H groups in total. The zero-order chi connectivity index (χ0) is 21.4. The standard InChI is InChI=1S/C22H28FN3O3S/c23-19-7-5-18(6-8-19)13-14-24-22(27)17-25-20-9-11-21(12-10-20)30(28,29)26-15-3-1-2-4-16-26/h5-12,25H,1-4,13-17H2,(H,24,27). The van der Waals surface area contributed by atoms with Gasteiger partial charge in [-0.25, -0.2) is 12.8 Å². The van der Waals surface area contributed by atoms with Crippen LogP contribution in [0.15, 0.2) is 53.4 Å². The van der Waals surface area contributed by atoms with E-state index in [-0.39, 0.29) is 23.2 Å². The summed E-state index contributed by atoms with van der Waals surface area (Å²) in [5, 5.41) is 5.80. The third-order valence-electron chi connectivity index (χ3n) is 5.16. The fourth-order valence-electron chi connectivity index (χ4n) is 3.42. The molecule has 1 amide bonds. The molecular weight excluding hydrogens is 405 g/mol. The molecule has 1 aliphatic heterocycles. The minimum atomic E-state index is -3.47. The molecule has 0 bridgehead atoms. The SMILES string of the molecule is O=C(CNc1ccc(S(=O)(=O)N2CCCCCC2)cc1)NCCc1ccc(F)cc1. The average molecular weight is 434 g/mol. The highest BCUT2D eigenvalue weighted by Crippen LogP contribution is 2.21. The monoisotopic (exact) mass is 433 g/mol. The number of carbonyl (C=O) groups is 1. The first-order valence-electron chi connectivity index (χ1n) is 10.3. The van der Waals surface area contributed by atoms with Crippen LogP contribution in [0.5, 0.6) is 0 Å². The van der Waals surface area contributed by atoms with Gasteiger partial charge in [0.05, 0.1) is 11.4 Å². The second kappa shape index (κ2) is 10.5. The van der Waals surface area contributed by atoms with E-state index in [4.69, 9.17) is 0 Å². The van der Waals surface area contributed by atoms with Crippen molar-refractivity contribution in [3.63, 3.8) is 0 Å². The van der Waals surface area contributed by atoms with Gasteiger partial charge in [0.1, 0.15) is 5.82 Å². The van der Waals surface area contributed by atoms with E-state index >= 15 is 0 Å². The molecule has 1 aliphatic rings. The minimum absolute atomic E-state index is 0.0850. The van der Waals surface area contributed by atoms with Gasteiger partial charge in [-0.1, -0.05) is 25.0 Å². The lowest BCUT2D eigenvalue weighted by Gasteiger charge is -2.20. The van der Waals surface area contributed by atoms with Crippen LogP contribution in [-0.4, -0.2) is 44.8 Å². The third-order valence-corrected chi connectivity index (χ3v) is 7.07. The van der Waals surface area contributed by atoms with Crippen LogP contribution >= 0.6 is 0 Å². The Labute approximate surface area is 177 Å². The number of sulfonamides is 1. The molecule has 2 aromatic rings. The maximum atomic E-state index is 12.9. The van der Waals surface area contributed by atoms with Gasteiger partial charge in [0.25, 0.3) is 0 Å². The molecule has 0 atom stereocenters. The number of anilines is 1. The van der Waals surface area contributed by atoms with Crippen molar-refractivity contribution in [1.82, 2.24) is 9.62 Å². The molecule has 0 unspecified atom stereocenters. The molecule has 3 rings (SSSR count). The maximum absolute atomic E-state index is 12.9. The van der Waals surface area contributed by atoms with Gasteiger partial charge in [-0.2, -0.15) is 4.31 Å². The number of hydrogen-bond donors (Lipinski definition) is 2. The number of nitrogens with one attached hydrogen (secondary N) is 2. The Kier molecular flexibility index (Phi) is 7.81. The number of amides is 1. The number of nitrogens with zero attached hydrogens (tertiary/aromatic N) is 1. The molecule has 0 saturated carbocycles. The summed E-state index contributed by atoms with van der Waals surface area (Å²) in [6.45, 7) is 1.68. The molecule has 8 heteroatoms. The van der Waals surface area contributed by atoms with Crippen LogP contribution in [-0.2, 0) is 21.2 Å². The highest BCUT2D eigenvalue weighted by molar-refractivity contribution is 7.89. The second-order valence-corrected chi connectivity index (χ2v) is 9.36. The first-order chi connectivity index (χ1) is 14.4. The molecule has 6 nitrogen and oxygen atoms in total. The summed E-state index contributed by atoms with van der Waals surface area (Å²) in [7, 11) is -3.47. The third kappa shape index (κ3) is 6.27. The summed E-state index contributed by atoms with van der Waals surface area (Å²) in [5.41, 5.74) is 1.63. The largest absolute Gasteiger partial charge is 0.376 e. The molecule has 0 aliphatic carbocycles. The summed E-state index contributed by atoms with van der Waals surface area (Å²) in [5.74, 6) is -0.449. The first-order valence-corrected chi connectivity index (χ1v) is 11.7. The number of carbonyl (C=O) groups excluding carboxylic acids is 1. The number of benzene rings is 2. The molecule has 0 aromatic heterocycles. The number of rotatable bonds is 8. The second-order valence-electron chi connectivity index (χ2n) is 7.42. The molecule has 30 heavy (non-hydrogen) atoms. The fourth-order valence-corrected chi connectivity index (χ4v) is 4.94. The lowest BCUT2D eigenvalue weighted by molar-refractivity contribution is -0.119. The summed E-state index contributed by atoms with van der Waals surface area (Å²) < 4.78 is 40.0. The van der Waals surface area contributed by atoms with Gasteiger partial charge in [-0.3, -0.25) is 4.79 Å². The van der Waals surface area contributed by atoms with E-state index in [0.717, 1.165) is 31.2 Å². The molecular formula is C22H28FN3O3S. The van der Waals surface area contributed by atoms with Crippen LogP contribution in [0.25, 0.3) is 0 Å². The van der Waals surface area contributed by atoms with E-state index in [0.29, 0.717) is 31.7 Å². The van der Waals surface area contributed by atoms with Crippen molar-refractivity contribution < 1.29 is 17.6 Å². The van der Waals surface area contributed by atoms with E-state index in [1.54, 1.807) is 40.7 Å². The van der Waals surface area contributed by atoms with Crippen LogP contribution in [0.2, 0.25) is 0 Å². The van der Waals surface area contributed by atoms with Crippen molar-refractivity contribution >= 4 is 21.6 Å². The van der Waals surface area contributed by atoms with Crippen LogP contribution in [0.4, 0.5) is 10.1 Å². The van der Waals surface area contributed by atoms with E-state index in [1.165, 1.54) is 12.1 Å². The summed E-state index contributed by atoms with van der Waals surface area (Å²) in [4.78, 5) is 12.3. The van der Waals surface area contributed by atoms with Gasteiger partial charge in [0, 0.05) is 25.3 Å². The molecule has 1 saturated heterocycles. The van der Waals surface area contributed by atoms with Gasteiger partial charge in [-0.15, -0.1) is 0 Å². The fraction of sp³-hybridized carbons (Fsp3) is 0.409. The van der Waals surface area contributed by atoms with E-state index in [1.807, 2.05) is 0 Å². The van der Waals surface area contributed by atoms with Gasteiger partial charge < -0.3 is 10.6 Å². The topological polar surface area (TPSA) is 78.5 Å². The highest BCUT2D eigenvalue weighted by atomic mass is 32.2. The van der Waals surface area contributed by atoms with Crippen molar-refractivity contribution in [3.8, 4) is 0 Å². The Bertz CT molecular complexity index is 923. The van der Waals surface area contributed by atoms with Crippen LogP contribution < -0.4 is 10.6 Å². The molecule has 0 spiro atoms. The Hall–Kier alpha value is -2.45. The average Bonchev–Trinajstić information content (AvgIpc) is 3.04. The van der Waals surface area contributed by atoms with Crippen molar-refractivity contribution in [2.75, 3.05) is 31.5 Å². The van der Waals surface area contributed by atoms with Crippen LogP contribution in [0.1, 0.15) is 31.2 Å². The quantitative estimate of drug-likeness (QED) is 0.670. The zero-order valence-corrected chi connectivity index (χ0v) is 17.8. The van der Waals surface area contributed by atoms with Gasteiger partial charge in [0.2, 0.25) is 15.9 Å². The van der Waals surface area contributed by atoms with Gasteiger partial charge in [0.15, 0.2) is 0 Å². The number of halogens is 1. The predicted octanol–water partition coefficient (Wildman–Crippen LogP) is 3.16. The van der Waals surface area contributed by atoms with Crippen LogP contribution in [0, 0.1) is 5.82 Å². The lowest BCUT2D eigenvalue weighted by atomic mass is 10.1. The van der Waals surface area contributed by atoms with Gasteiger partial charge in [-0.05, 0) is 61.2 Å². The minimum Gasteiger partial charge on any atom is -0.376 e. The summed E-state index contributed by atoms with van der Waals surface area (Å²) in [6, 6.07) is 12.7. The van der Waals surface area contributed by atoms with Crippen molar-refractivity contribution in [3.05, 3.63) is 59.9 Å². The van der Waals surface area contributed by atoms with Crippen LogP contribution in [0.3, 0.4) is 0 Å². The van der Waals surface area contributed by atoms with E-state index < -0.39 is 10.0 Å². The van der Waals surface area contributed by atoms with Crippen molar-refractivity contribution in [2.45, 2.75) is 37.0 Å². The molecule has 2 aromatic carbocycles. The summed E-state index contributed by atoms with van der Waals surface area (Å²) >= 11 is 0. The smallest absolute Gasteiger partial charge is 0.243 e. The zero-order valence-electron chi connectivity index (χ0n) is 16.9. The Balaban J connectivity index is 1.45. The van der Waals surface area contributed by atoms with E-state index in [9.17, 15) is 17.6 Å². The Morgan fingerprint density at radius 2 is 1.57 bits per heavy atom. The normalized spacial score (nSPS) is 15.4. The highest BCUT2D eigenvalue weighted by Gasteiger charge is 2.24. The molecule has 1 fully saturated rings. The maximum Gasteiger partial charge on any atom is 0.243 e. The molecule has 162 valence electrons. The van der Waals surface area contributed by atoms with E-state index in [2.05, 4.69) is 10.6 Å². The number of hydrogen-bond acceptors (Lipinski definition) is 4. The van der Waals surface area contributed by atoms with Crippen molar-refractivity contribution in [2.24, 2.45) is 0 Å². The Morgan fingerprint density at radius 3 is 2.20 bits per heavy atom. The molecule has 1 heterocycles. The molecule has 0 radical (unpaired) electrons. The van der Waals surface area contributed by atoms with Crippen molar-refractivity contribution in [1.29, 1.82) is 0 Å². The first kappa shape index (κ1) is 22.2. The summed E-state index contributed by atoms with van der Waals surface area (Å²) in [6.07, 6.45) is 4.56. The lowest BCUT2D eigenvalue weighted by Crippen LogP contribution is -2.32. The van der Waals surface area contributed by atoms with Gasteiger partial charge >= 0.3 is 0 Å².